The predicted octanol–water partition coefficient (Wildman–Crippen LogP) is 5.50. The number of carbonyl (C=O) groups is 1. The average molecular weight is 362 g/mol. The summed E-state index contributed by atoms with van der Waals surface area (Å²) in [6.45, 7) is 0. The van der Waals surface area contributed by atoms with Crippen molar-refractivity contribution >= 4 is 11.6 Å². The fourth-order valence-corrected chi connectivity index (χ4v) is 3.98. The Morgan fingerprint density at radius 3 is 2.00 bits per heavy atom. The maximum Gasteiger partial charge on any atom is 0.236 e. The SMILES string of the molecule is O=C(Nc1cccnc1-c1ccccc1)C1c2ccccc2-c2ccccc21. The number of nitrogens with one attached hydrogen (secondary N) is 1. The fourth-order valence-electron chi connectivity index (χ4n) is 3.98. The molecule has 0 radical (unpaired) electrons. The van der Waals surface area contributed by atoms with Crippen molar-refractivity contribution in [2.75, 3.05) is 5.32 Å². The summed E-state index contributed by atoms with van der Waals surface area (Å²) >= 11 is 0. The molecule has 1 heterocycles. The zero-order valence-electron chi connectivity index (χ0n) is 15.2. The van der Waals surface area contributed by atoms with Gasteiger partial charge in [-0.3, -0.25) is 9.78 Å². The van der Waals surface area contributed by atoms with Crippen LogP contribution in [0.4, 0.5) is 5.69 Å². The average Bonchev–Trinajstić information content (AvgIpc) is 3.09. The molecular formula is C25H18N2O. The lowest BCUT2D eigenvalue weighted by atomic mass is 9.96. The molecule has 4 aromatic rings. The second kappa shape index (κ2) is 6.78. The highest BCUT2D eigenvalue weighted by molar-refractivity contribution is 6.04. The first-order valence-corrected chi connectivity index (χ1v) is 9.32. The number of aromatic nitrogens is 1. The van der Waals surface area contributed by atoms with Crippen LogP contribution in [-0.2, 0) is 4.79 Å². The van der Waals surface area contributed by atoms with Gasteiger partial charge in [0.15, 0.2) is 0 Å². The highest BCUT2D eigenvalue weighted by Gasteiger charge is 2.33. The summed E-state index contributed by atoms with van der Waals surface area (Å²) in [7, 11) is 0. The van der Waals surface area contributed by atoms with Crippen LogP contribution in [0.1, 0.15) is 17.0 Å². The molecule has 1 aromatic heterocycles. The van der Waals surface area contributed by atoms with Crippen LogP contribution in [0.3, 0.4) is 0 Å². The number of hydrogen-bond acceptors (Lipinski definition) is 2. The number of rotatable bonds is 3. The number of fused-ring (bicyclic) bond motifs is 3. The normalized spacial score (nSPS) is 12.3. The van der Waals surface area contributed by atoms with E-state index in [0.29, 0.717) is 0 Å². The largest absolute Gasteiger partial charge is 0.323 e. The summed E-state index contributed by atoms with van der Waals surface area (Å²) in [4.78, 5) is 17.9. The van der Waals surface area contributed by atoms with Gasteiger partial charge < -0.3 is 5.32 Å². The summed E-state index contributed by atoms with van der Waals surface area (Å²) < 4.78 is 0. The van der Waals surface area contributed by atoms with Crippen LogP contribution in [0.2, 0.25) is 0 Å². The van der Waals surface area contributed by atoms with Crippen molar-refractivity contribution in [2.24, 2.45) is 0 Å². The van der Waals surface area contributed by atoms with Crippen LogP contribution in [0.5, 0.6) is 0 Å². The molecule has 1 aliphatic carbocycles. The highest BCUT2D eigenvalue weighted by atomic mass is 16.1. The minimum Gasteiger partial charge on any atom is -0.323 e. The van der Waals surface area contributed by atoms with E-state index in [1.165, 1.54) is 0 Å². The first-order valence-electron chi connectivity index (χ1n) is 9.32. The summed E-state index contributed by atoms with van der Waals surface area (Å²) in [5, 5.41) is 3.13. The summed E-state index contributed by atoms with van der Waals surface area (Å²) in [6, 6.07) is 29.9. The molecule has 0 saturated heterocycles. The third-order valence-corrected chi connectivity index (χ3v) is 5.21. The Kier molecular flexibility index (Phi) is 3.99. The first kappa shape index (κ1) is 16.5. The Morgan fingerprint density at radius 1 is 0.714 bits per heavy atom. The minimum absolute atomic E-state index is 0.0393. The monoisotopic (exact) mass is 362 g/mol. The number of anilines is 1. The molecule has 28 heavy (non-hydrogen) atoms. The van der Waals surface area contributed by atoms with Gasteiger partial charge in [0.25, 0.3) is 0 Å². The minimum atomic E-state index is -0.323. The summed E-state index contributed by atoms with van der Waals surface area (Å²) in [6.07, 6.45) is 1.75. The molecule has 3 heteroatoms. The number of carbonyl (C=O) groups excluding carboxylic acids is 1. The second-order valence-electron chi connectivity index (χ2n) is 6.86. The van der Waals surface area contributed by atoms with Gasteiger partial charge in [-0.1, -0.05) is 78.9 Å². The van der Waals surface area contributed by atoms with Crippen molar-refractivity contribution in [3.8, 4) is 22.4 Å². The molecular weight excluding hydrogens is 344 g/mol. The smallest absolute Gasteiger partial charge is 0.236 e. The predicted molar refractivity (Wildman–Crippen MR) is 112 cm³/mol. The van der Waals surface area contributed by atoms with Gasteiger partial charge in [-0.25, -0.2) is 0 Å². The van der Waals surface area contributed by atoms with Gasteiger partial charge in [-0.2, -0.15) is 0 Å². The Bertz CT molecular complexity index is 1120. The summed E-state index contributed by atoms with van der Waals surface area (Å²) in [5.74, 6) is -0.362. The number of amides is 1. The van der Waals surface area contributed by atoms with E-state index in [4.69, 9.17) is 0 Å². The lowest BCUT2D eigenvalue weighted by Gasteiger charge is -2.16. The van der Waals surface area contributed by atoms with Crippen molar-refractivity contribution in [3.63, 3.8) is 0 Å². The van der Waals surface area contributed by atoms with E-state index in [-0.39, 0.29) is 11.8 Å². The van der Waals surface area contributed by atoms with Gasteiger partial charge in [-0.15, -0.1) is 0 Å². The van der Waals surface area contributed by atoms with E-state index in [1.54, 1.807) is 6.20 Å². The van der Waals surface area contributed by atoms with Crippen LogP contribution < -0.4 is 5.32 Å². The van der Waals surface area contributed by atoms with E-state index in [9.17, 15) is 4.79 Å². The van der Waals surface area contributed by atoms with Crippen LogP contribution >= 0.6 is 0 Å². The van der Waals surface area contributed by atoms with E-state index in [1.807, 2.05) is 78.9 Å². The lowest BCUT2D eigenvalue weighted by molar-refractivity contribution is -0.116. The standard InChI is InChI=1S/C25H18N2O/c28-25(27-22-15-8-16-26-24(22)17-9-2-1-3-10-17)23-20-13-6-4-11-18(20)19-12-5-7-14-21(19)23/h1-16,23H,(H,27,28). The van der Waals surface area contributed by atoms with Gasteiger partial charge in [0.2, 0.25) is 5.91 Å². The third-order valence-electron chi connectivity index (χ3n) is 5.21. The zero-order valence-corrected chi connectivity index (χ0v) is 15.2. The third kappa shape index (κ3) is 2.69. The van der Waals surface area contributed by atoms with E-state index in [0.717, 1.165) is 39.2 Å². The zero-order chi connectivity index (χ0) is 18.9. The Labute approximate surface area is 163 Å². The van der Waals surface area contributed by atoms with Gasteiger partial charge in [0.05, 0.1) is 17.3 Å². The number of benzene rings is 3. The fraction of sp³-hybridized carbons (Fsp3) is 0.0400. The Hall–Kier alpha value is -3.72. The molecule has 5 rings (SSSR count). The van der Waals surface area contributed by atoms with Crippen LogP contribution in [0.15, 0.2) is 97.2 Å². The van der Waals surface area contributed by atoms with Crippen molar-refractivity contribution in [1.29, 1.82) is 0 Å². The number of pyridine rings is 1. The first-order chi connectivity index (χ1) is 13.8. The molecule has 1 N–H and O–H groups in total. The van der Waals surface area contributed by atoms with Crippen molar-refractivity contribution in [3.05, 3.63) is 108 Å². The molecule has 0 unspecified atom stereocenters. The van der Waals surface area contributed by atoms with Crippen molar-refractivity contribution in [2.45, 2.75) is 5.92 Å². The lowest BCUT2D eigenvalue weighted by Crippen LogP contribution is -2.21. The molecule has 1 aliphatic rings. The quantitative estimate of drug-likeness (QED) is 0.523. The molecule has 0 saturated carbocycles. The van der Waals surface area contributed by atoms with Gasteiger partial charge >= 0.3 is 0 Å². The molecule has 134 valence electrons. The molecule has 1 amide bonds. The molecule has 0 bridgehead atoms. The van der Waals surface area contributed by atoms with Crippen LogP contribution in [0.25, 0.3) is 22.4 Å². The maximum absolute atomic E-state index is 13.4. The summed E-state index contributed by atoms with van der Waals surface area (Å²) in [5.41, 5.74) is 6.83. The van der Waals surface area contributed by atoms with E-state index in [2.05, 4.69) is 22.4 Å². The van der Waals surface area contributed by atoms with Crippen molar-refractivity contribution in [1.82, 2.24) is 4.98 Å². The Morgan fingerprint density at radius 2 is 1.32 bits per heavy atom. The van der Waals surface area contributed by atoms with E-state index >= 15 is 0 Å². The van der Waals surface area contributed by atoms with Gasteiger partial charge in [0, 0.05) is 11.8 Å². The van der Waals surface area contributed by atoms with Crippen molar-refractivity contribution < 1.29 is 4.79 Å². The molecule has 0 aliphatic heterocycles. The topological polar surface area (TPSA) is 42.0 Å². The number of nitrogens with zero attached hydrogens (tertiary/aromatic N) is 1. The second-order valence-corrected chi connectivity index (χ2v) is 6.86. The Balaban J connectivity index is 1.54. The molecule has 0 atom stereocenters. The molecule has 0 spiro atoms. The molecule has 0 fully saturated rings. The van der Waals surface area contributed by atoms with Crippen LogP contribution in [0, 0.1) is 0 Å². The molecule has 3 nitrogen and oxygen atoms in total. The molecule has 3 aromatic carbocycles. The highest BCUT2D eigenvalue weighted by Crippen LogP contribution is 2.45. The van der Waals surface area contributed by atoms with Gasteiger partial charge in [-0.05, 0) is 34.4 Å². The van der Waals surface area contributed by atoms with Gasteiger partial charge in [0.1, 0.15) is 0 Å². The van der Waals surface area contributed by atoms with Crippen LogP contribution in [-0.4, -0.2) is 10.9 Å². The maximum atomic E-state index is 13.4. The number of hydrogen-bond donors (Lipinski definition) is 1. The van der Waals surface area contributed by atoms with E-state index < -0.39 is 0 Å².